The molecule has 0 radical (unpaired) electrons. The molecule has 0 aliphatic carbocycles. The van der Waals surface area contributed by atoms with Gasteiger partial charge in [0.15, 0.2) is 0 Å². The first kappa shape index (κ1) is 13.8. The SMILES string of the molecule is Cc1nc2ccccc2nc1NC1COCC1(C)C(=O)O. The Balaban J connectivity index is 1.94. The van der Waals surface area contributed by atoms with Crippen LogP contribution in [-0.4, -0.2) is 40.3 Å². The molecule has 2 heterocycles. The Labute approximate surface area is 122 Å². The molecule has 2 atom stereocenters. The average Bonchev–Trinajstić information content (AvgIpc) is 2.82. The van der Waals surface area contributed by atoms with Crippen molar-refractivity contribution in [2.45, 2.75) is 19.9 Å². The minimum absolute atomic E-state index is 0.195. The molecule has 2 N–H and O–H groups in total. The fourth-order valence-corrected chi connectivity index (χ4v) is 2.48. The van der Waals surface area contributed by atoms with E-state index in [0.717, 1.165) is 16.7 Å². The second-order valence-corrected chi connectivity index (χ2v) is 5.58. The molecular formula is C15H17N3O3. The molecule has 0 spiro atoms. The number of benzene rings is 1. The topological polar surface area (TPSA) is 84.3 Å². The third kappa shape index (κ3) is 2.31. The Morgan fingerprint density at radius 2 is 2.05 bits per heavy atom. The molecule has 1 aliphatic rings. The summed E-state index contributed by atoms with van der Waals surface area (Å²) >= 11 is 0. The number of fused-ring (bicyclic) bond motifs is 1. The van der Waals surface area contributed by atoms with Crippen molar-refractivity contribution in [3.05, 3.63) is 30.0 Å². The number of para-hydroxylation sites is 2. The Kier molecular flexibility index (Phi) is 3.25. The van der Waals surface area contributed by atoms with Crippen molar-refractivity contribution >= 4 is 22.8 Å². The molecule has 0 bridgehead atoms. The Morgan fingerprint density at radius 3 is 2.71 bits per heavy atom. The van der Waals surface area contributed by atoms with Gasteiger partial charge in [0.25, 0.3) is 0 Å². The summed E-state index contributed by atoms with van der Waals surface area (Å²) in [5.74, 6) is -0.263. The Bertz CT molecular complexity index is 704. The maximum atomic E-state index is 11.5. The smallest absolute Gasteiger partial charge is 0.313 e. The van der Waals surface area contributed by atoms with Crippen LogP contribution in [0.25, 0.3) is 11.0 Å². The predicted octanol–water partition coefficient (Wildman–Crippen LogP) is 1.84. The molecule has 110 valence electrons. The van der Waals surface area contributed by atoms with E-state index in [1.54, 1.807) is 6.92 Å². The summed E-state index contributed by atoms with van der Waals surface area (Å²) < 4.78 is 5.34. The van der Waals surface area contributed by atoms with Crippen molar-refractivity contribution in [2.75, 3.05) is 18.5 Å². The lowest BCUT2D eigenvalue weighted by Gasteiger charge is -2.26. The van der Waals surface area contributed by atoms with Crippen molar-refractivity contribution in [3.8, 4) is 0 Å². The summed E-state index contributed by atoms with van der Waals surface area (Å²) in [4.78, 5) is 20.5. The number of hydrogen-bond donors (Lipinski definition) is 2. The number of carboxylic acid groups (broad SMARTS) is 1. The molecule has 21 heavy (non-hydrogen) atoms. The van der Waals surface area contributed by atoms with Gasteiger partial charge in [-0.05, 0) is 26.0 Å². The molecule has 2 unspecified atom stereocenters. The van der Waals surface area contributed by atoms with Crippen LogP contribution >= 0.6 is 0 Å². The summed E-state index contributed by atoms with van der Waals surface area (Å²) in [6, 6.07) is 7.27. The van der Waals surface area contributed by atoms with Gasteiger partial charge in [-0.25, -0.2) is 9.97 Å². The first-order valence-electron chi connectivity index (χ1n) is 6.82. The van der Waals surface area contributed by atoms with Gasteiger partial charge in [0.05, 0.1) is 36.0 Å². The van der Waals surface area contributed by atoms with Gasteiger partial charge in [0.1, 0.15) is 11.2 Å². The molecule has 1 aliphatic heterocycles. The second kappa shape index (κ2) is 4.96. The normalized spacial score (nSPS) is 25.1. The molecule has 0 amide bonds. The molecule has 6 nitrogen and oxygen atoms in total. The highest BCUT2D eigenvalue weighted by atomic mass is 16.5. The lowest BCUT2D eigenvalue weighted by Crippen LogP contribution is -2.43. The number of nitrogens with one attached hydrogen (secondary N) is 1. The molecule has 1 fully saturated rings. The fraction of sp³-hybridized carbons (Fsp3) is 0.400. The molecule has 2 aromatic rings. The van der Waals surface area contributed by atoms with Crippen LogP contribution in [-0.2, 0) is 9.53 Å². The summed E-state index contributed by atoms with van der Waals surface area (Å²) in [6.45, 7) is 4.08. The van der Waals surface area contributed by atoms with Crippen LogP contribution in [0.2, 0.25) is 0 Å². The number of aromatic nitrogens is 2. The van der Waals surface area contributed by atoms with Crippen LogP contribution in [0.3, 0.4) is 0 Å². The third-order valence-electron chi connectivity index (χ3n) is 4.00. The van der Waals surface area contributed by atoms with Crippen LogP contribution in [0.15, 0.2) is 24.3 Å². The van der Waals surface area contributed by atoms with Gasteiger partial charge in [0, 0.05) is 0 Å². The minimum Gasteiger partial charge on any atom is -0.481 e. The van der Waals surface area contributed by atoms with Gasteiger partial charge >= 0.3 is 5.97 Å². The van der Waals surface area contributed by atoms with Crippen molar-refractivity contribution in [2.24, 2.45) is 5.41 Å². The number of aryl methyl sites for hydroxylation is 1. The van der Waals surface area contributed by atoms with Crippen LogP contribution < -0.4 is 5.32 Å². The monoisotopic (exact) mass is 287 g/mol. The van der Waals surface area contributed by atoms with Crippen LogP contribution in [0.5, 0.6) is 0 Å². The Hall–Kier alpha value is -2.21. The third-order valence-corrected chi connectivity index (χ3v) is 4.00. The van der Waals surface area contributed by atoms with Crippen molar-refractivity contribution in [1.29, 1.82) is 0 Å². The zero-order chi connectivity index (χ0) is 15.0. The van der Waals surface area contributed by atoms with Gasteiger partial charge in [-0.15, -0.1) is 0 Å². The largest absolute Gasteiger partial charge is 0.481 e. The minimum atomic E-state index is -0.959. The molecule has 0 saturated carbocycles. The number of hydrogen-bond acceptors (Lipinski definition) is 5. The van der Waals surface area contributed by atoms with Gasteiger partial charge in [-0.2, -0.15) is 0 Å². The molecule has 6 heteroatoms. The van der Waals surface area contributed by atoms with E-state index in [9.17, 15) is 9.90 Å². The number of carbonyl (C=O) groups is 1. The van der Waals surface area contributed by atoms with E-state index >= 15 is 0 Å². The van der Waals surface area contributed by atoms with E-state index in [-0.39, 0.29) is 12.6 Å². The van der Waals surface area contributed by atoms with Crippen LogP contribution in [0, 0.1) is 12.3 Å². The molecule has 1 aromatic carbocycles. The summed E-state index contributed by atoms with van der Waals surface area (Å²) in [7, 11) is 0. The lowest BCUT2D eigenvalue weighted by atomic mass is 9.85. The lowest BCUT2D eigenvalue weighted by molar-refractivity contribution is -0.148. The number of ether oxygens (including phenoxy) is 1. The summed E-state index contributed by atoms with van der Waals surface area (Å²) in [5, 5.41) is 12.6. The molecular weight excluding hydrogens is 270 g/mol. The van der Waals surface area contributed by atoms with E-state index in [1.807, 2.05) is 31.2 Å². The molecule has 3 rings (SSSR count). The highest BCUT2D eigenvalue weighted by Crippen LogP contribution is 2.31. The van der Waals surface area contributed by atoms with E-state index in [4.69, 9.17) is 4.74 Å². The van der Waals surface area contributed by atoms with E-state index < -0.39 is 11.4 Å². The van der Waals surface area contributed by atoms with Crippen molar-refractivity contribution in [1.82, 2.24) is 9.97 Å². The Morgan fingerprint density at radius 1 is 1.38 bits per heavy atom. The van der Waals surface area contributed by atoms with Gasteiger partial charge < -0.3 is 15.2 Å². The van der Waals surface area contributed by atoms with Gasteiger partial charge in [-0.3, -0.25) is 4.79 Å². The highest BCUT2D eigenvalue weighted by Gasteiger charge is 2.47. The summed E-state index contributed by atoms with van der Waals surface area (Å²) in [6.07, 6.45) is 0. The van der Waals surface area contributed by atoms with Gasteiger partial charge in [-0.1, -0.05) is 12.1 Å². The first-order valence-corrected chi connectivity index (χ1v) is 6.82. The van der Waals surface area contributed by atoms with Crippen LogP contribution in [0.1, 0.15) is 12.6 Å². The number of anilines is 1. The standard InChI is InChI=1S/C15H17N3O3/c1-9-13(17-11-6-4-3-5-10(11)16-9)18-12-7-21-8-15(12,2)14(19)20/h3-6,12H,7-8H2,1-2H3,(H,17,18)(H,19,20). The quantitative estimate of drug-likeness (QED) is 0.896. The van der Waals surface area contributed by atoms with E-state index in [0.29, 0.717) is 12.4 Å². The number of carboxylic acids is 1. The highest BCUT2D eigenvalue weighted by molar-refractivity contribution is 5.78. The number of nitrogens with zero attached hydrogens (tertiary/aromatic N) is 2. The maximum absolute atomic E-state index is 11.5. The first-order chi connectivity index (χ1) is 10.0. The van der Waals surface area contributed by atoms with Crippen LogP contribution in [0.4, 0.5) is 5.82 Å². The zero-order valence-electron chi connectivity index (χ0n) is 12.0. The molecule has 1 aromatic heterocycles. The van der Waals surface area contributed by atoms with Crippen molar-refractivity contribution < 1.29 is 14.6 Å². The summed E-state index contributed by atoms with van der Waals surface area (Å²) in [5.41, 5.74) is 1.39. The van der Waals surface area contributed by atoms with E-state index in [2.05, 4.69) is 15.3 Å². The number of aliphatic carboxylic acids is 1. The fourth-order valence-electron chi connectivity index (χ4n) is 2.48. The maximum Gasteiger partial charge on any atom is 0.313 e. The van der Waals surface area contributed by atoms with Gasteiger partial charge in [0.2, 0.25) is 0 Å². The van der Waals surface area contributed by atoms with E-state index in [1.165, 1.54) is 0 Å². The molecule has 1 saturated heterocycles. The van der Waals surface area contributed by atoms with Crippen molar-refractivity contribution in [3.63, 3.8) is 0 Å². The zero-order valence-corrected chi connectivity index (χ0v) is 12.0. The second-order valence-electron chi connectivity index (χ2n) is 5.58. The average molecular weight is 287 g/mol. The number of rotatable bonds is 3. The predicted molar refractivity (Wildman–Crippen MR) is 78.2 cm³/mol.